The molecule has 120 valence electrons. The molecule has 5 heteroatoms. The summed E-state index contributed by atoms with van der Waals surface area (Å²) in [7, 11) is 1.60. The van der Waals surface area contributed by atoms with Gasteiger partial charge in [0.1, 0.15) is 6.61 Å². The number of hydrogen-bond acceptors (Lipinski definition) is 4. The van der Waals surface area contributed by atoms with Crippen LogP contribution in [0.2, 0.25) is 0 Å². The van der Waals surface area contributed by atoms with Gasteiger partial charge in [-0.25, -0.2) is 4.98 Å². The molecule has 1 aromatic carbocycles. The molecule has 0 atom stereocenters. The van der Waals surface area contributed by atoms with Crippen molar-refractivity contribution in [3.05, 3.63) is 58.8 Å². The van der Waals surface area contributed by atoms with E-state index in [1.807, 2.05) is 0 Å². The Kier molecular flexibility index (Phi) is 4.88. The standard InChI is InChI=1S/C18H21N3O2/c1-19-18(22)16-4-5-17(21-11-16)23-12-13-2-3-14-6-8-20-9-7-15(14)10-13/h2-5,10-11,20H,6-9,12H2,1H3,(H,19,22). The molecule has 1 amide bonds. The summed E-state index contributed by atoms with van der Waals surface area (Å²) in [6.07, 6.45) is 3.66. The zero-order chi connectivity index (χ0) is 16.1. The lowest BCUT2D eigenvalue weighted by atomic mass is 10.0. The lowest BCUT2D eigenvalue weighted by Gasteiger charge is -2.10. The molecular weight excluding hydrogens is 290 g/mol. The molecule has 0 aliphatic carbocycles. The van der Waals surface area contributed by atoms with Crippen LogP contribution in [0.1, 0.15) is 27.0 Å². The Hall–Kier alpha value is -2.40. The van der Waals surface area contributed by atoms with E-state index in [1.165, 1.54) is 17.3 Å². The van der Waals surface area contributed by atoms with Gasteiger partial charge in [0, 0.05) is 19.3 Å². The smallest absolute Gasteiger partial charge is 0.252 e. The number of carbonyl (C=O) groups is 1. The summed E-state index contributed by atoms with van der Waals surface area (Å²) < 4.78 is 5.72. The fraction of sp³-hybridized carbons (Fsp3) is 0.333. The molecule has 1 aromatic heterocycles. The fourth-order valence-corrected chi connectivity index (χ4v) is 2.72. The maximum atomic E-state index is 11.5. The van der Waals surface area contributed by atoms with Crippen LogP contribution in [0, 0.1) is 0 Å². The lowest BCUT2D eigenvalue weighted by molar-refractivity contribution is 0.0962. The van der Waals surface area contributed by atoms with Gasteiger partial charge in [0.05, 0.1) is 5.56 Å². The maximum absolute atomic E-state index is 11.5. The predicted octanol–water partition coefficient (Wildman–Crippen LogP) is 1.71. The average molecular weight is 311 g/mol. The van der Waals surface area contributed by atoms with E-state index in [1.54, 1.807) is 19.2 Å². The topological polar surface area (TPSA) is 63.2 Å². The zero-order valence-electron chi connectivity index (χ0n) is 13.3. The first-order valence-corrected chi connectivity index (χ1v) is 7.88. The number of hydrogen-bond donors (Lipinski definition) is 2. The summed E-state index contributed by atoms with van der Waals surface area (Å²) in [5.41, 5.74) is 4.49. The molecule has 5 nitrogen and oxygen atoms in total. The number of aromatic nitrogens is 1. The highest BCUT2D eigenvalue weighted by atomic mass is 16.5. The number of nitrogens with zero attached hydrogens (tertiary/aromatic N) is 1. The van der Waals surface area contributed by atoms with Crippen LogP contribution in [-0.4, -0.2) is 31.0 Å². The molecule has 0 bridgehead atoms. The molecule has 1 aliphatic rings. The molecule has 0 saturated heterocycles. The third kappa shape index (κ3) is 3.87. The van der Waals surface area contributed by atoms with Crippen molar-refractivity contribution in [3.63, 3.8) is 0 Å². The second-order valence-electron chi connectivity index (χ2n) is 5.61. The number of fused-ring (bicyclic) bond motifs is 1. The van der Waals surface area contributed by atoms with Crippen LogP contribution in [0.4, 0.5) is 0 Å². The predicted molar refractivity (Wildman–Crippen MR) is 88.7 cm³/mol. The first kappa shape index (κ1) is 15.5. The second kappa shape index (κ2) is 7.24. The Morgan fingerprint density at radius 3 is 2.78 bits per heavy atom. The van der Waals surface area contributed by atoms with Gasteiger partial charge >= 0.3 is 0 Å². The highest BCUT2D eigenvalue weighted by Crippen LogP contribution is 2.17. The van der Waals surface area contributed by atoms with E-state index in [4.69, 9.17) is 4.74 Å². The Balaban J connectivity index is 1.64. The number of carbonyl (C=O) groups excluding carboxylic acids is 1. The Morgan fingerprint density at radius 1 is 1.22 bits per heavy atom. The molecule has 0 radical (unpaired) electrons. The Labute approximate surface area is 136 Å². The summed E-state index contributed by atoms with van der Waals surface area (Å²) in [5.74, 6) is 0.373. The number of amides is 1. The van der Waals surface area contributed by atoms with Crippen molar-refractivity contribution in [1.29, 1.82) is 0 Å². The van der Waals surface area contributed by atoms with E-state index in [9.17, 15) is 4.79 Å². The SMILES string of the molecule is CNC(=O)c1ccc(OCc2ccc3c(c2)CCNCC3)nc1. The van der Waals surface area contributed by atoms with Gasteiger partial charge in [0.25, 0.3) is 5.91 Å². The maximum Gasteiger partial charge on any atom is 0.252 e. The molecule has 1 aliphatic heterocycles. The van der Waals surface area contributed by atoms with Crippen molar-refractivity contribution in [2.24, 2.45) is 0 Å². The van der Waals surface area contributed by atoms with Crippen molar-refractivity contribution in [3.8, 4) is 5.88 Å². The van der Waals surface area contributed by atoms with Gasteiger partial charge in [-0.2, -0.15) is 0 Å². The first-order chi connectivity index (χ1) is 11.3. The molecule has 0 spiro atoms. The number of pyridine rings is 1. The highest BCUT2D eigenvalue weighted by molar-refractivity contribution is 5.93. The number of rotatable bonds is 4. The summed E-state index contributed by atoms with van der Waals surface area (Å²) in [6.45, 7) is 2.55. The second-order valence-corrected chi connectivity index (χ2v) is 5.61. The molecular formula is C18H21N3O2. The van der Waals surface area contributed by atoms with E-state index in [2.05, 4.69) is 33.8 Å². The molecule has 2 N–H and O–H groups in total. The molecule has 0 fully saturated rings. The van der Waals surface area contributed by atoms with E-state index in [0.29, 0.717) is 18.1 Å². The van der Waals surface area contributed by atoms with Gasteiger partial charge < -0.3 is 15.4 Å². The van der Waals surface area contributed by atoms with E-state index >= 15 is 0 Å². The van der Waals surface area contributed by atoms with Gasteiger partial charge in [-0.1, -0.05) is 18.2 Å². The van der Waals surface area contributed by atoms with Crippen molar-refractivity contribution in [2.75, 3.05) is 20.1 Å². The van der Waals surface area contributed by atoms with Crippen molar-refractivity contribution < 1.29 is 9.53 Å². The molecule has 23 heavy (non-hydrogen) atoms. The quantitative estimate of drug-likeness (QED) is 0.902. The fourth-order valence-electron chi connectivity index (χ4n) is 2.72. The van der Waals surface area contributed by atoms with E-state index in [-0.39, 0.29) is 5.91 Å². The number of ether oxygens (including phenoxy) is 1. The van der Waals surface area contributed by atoms with Crippen molar-refractivity contribution in [1.82, 2.24) is 15.6 Å². The normalized spacial score (nSPS) is 13.8. The van der Waals surface area contributed by atoms with Gasteiger partial charge in [-0.15, -0.1) is 0 Å². The van der Waals surface area contributed by atoms with Gasteiger partial charge in [-0.05, 0) is 48.7 Å². The number of nitrogens with one attached hydrogen (secondary N) is 2. The first-order valence-electron chi connectivity index (χ1n) is 7.88. The lowest BCUT2D eigenvalue weighted by Crippen LogP contribution is -2.17. The monoisotopic (exact) mass is 311 g/mol. The van der Waals surface area contributed by atoms with Crippen LogP contribution in [0.3, 0.4) is 0 Å². The molecule has 3 rings (SSSR count). The van der Waals surface area contributed by atoms with Gasteiger partial charge in [0.2, 0.25) is 5.88 Å². The van der Waals surface area contributed by atoms with E-state index in [0.717, 1.165) is 31.5 Å². The molecule has 0 unspecified atom stereocenters. The minimum atomic E-state index is -0.150. The number of benzene rings is 1. The zero-order valence-corrected chi connectivity index (χ0v) is 13.3. The summed E-state index contributed by atoms with van der Waals surface area (Å²) in [5, 5.41) is 5.98. The van der Waals surface area contributed by atoms with Crippen LogP contribution in [-0.2, 0) is 19.4 Å². The van der Waals surface area contributed by atoms with Crippen LogP contribution in [0.15, 0.2) is 36.5 Å². The minimum Gasteiger partial charge on any atom is -0.473 e. The van der Waals surface area contributed by atoms with Crippen molar-refractivity contribution in [2.45, 2.75) is 19.4 Å². The van der Waals surface area contributed by atoms with Gasteiger partial charge in [-0.3, -0.25) is 4.79 Å². The molecule has 2 aromatic rings. The summed E-state index contributed by atoms with van der Waals surface area (Å²) in [4.78, 5) is 15.6. The van der Waals surface area contributed by atoms with Gasteiger partial charge in [0.15, 0.2) is 0 Å². The summed E-state index contributed by atoms with van der Waals surface area (Å²) in [6, 6.07) is 9.97. The highest BCUT2D eigenvalue weighted by Gasteiger charge is 2.09. The Morgan fingerprint density at radius 2 is 2.04 bits per heavy atom. The Bertz CT molecular complexity index is 683. The van der Waals surface area contributed by atoms with Crippen molar-refractivity contribution >= 4 is 5.91 Å². The molecule has 2 heterocycles. The summed E-state index contributed by atoms with van der Waals surface area (Å²) >= 11 is 0. The largest absolute Gasteiger partial charge is 0.473 e. The molecule has 0 saturated carbocycles. The minimum absolute atomic E-state index is 0.150. The third-order valence-corrected chi connectivity index (χ3v) is 4.03. The van der Waals surface area contributed by atoms with Crippen LogP contribution in [0.5, 0.6) is 5.88 Å². The third-order valence-electron chi connectivity index (χ3n) is 4.03. The van der Waals surface area contributed by atoms with E-state index < -0.39 is 0 Å². The van der Waals surface area contributed by atoms with Crippen LogP contribution < -0.4 is 15.4 Å². The van der Waals surface area contributed by atoms with Crippen LogP contribution >= 0.6 is 0 Å². The van der Waals surface area contributed by atoms with Crippen LogP contribution in [0.25, 0.3) is 0 Å². The average Bonchev–Trinajstić information content (AvgIpc) is 2.84.